The van der Waals surface area contributed by atoms with Gasteiger partial charge in [-0.3, -0.25) is 9.59 Å². The third-order valence-corrected chi connectivity index (χ3v) is 5.36. The number of likely N-dealkylation sites (tertiary alicyclic amines) is 1. The SMILES string of the molecule is O=C1C(=O)N(Cc2ccc(F)cc2)C(c2ccc(F)cc2)/C1=C(/O)c1ccc(Cl)cc1. The predicted octanol–water partition coefficient (Wildman–Crippen LogP) is 5.24. The van der Waals surface area contributed by atoms with E-state index < -0.39 is 29.4 Å². The van der Waals surface area contributed by atoms with Crippen molar-refractivity contribution in [1.29, 1.82) is 0 Å². The van der Waals surface area contributed by atoms with Crippen LogP contribution >= 0.6 is 11.6 Å². The summed E-state index contributed by atoms with van der Waals surface area (Å²) >= 11 is 5.90. The van der Waals surface area contributed by atoms with Gasteiger partial charge < -0.3 is 10.0 Å². The van der Waals surface area contributed by atoms with E-state index in [9.17, 15) is 23.5 Å². The van der Waals surface area contributed by atoms with E-state index in [2.05, 4.69) is 0 Å². The maximum atomic E-state index is 13.5. The molecule has 0 radical (unpaired) electrons. The molecule has 4 rings (SSSR count). The van der Waals surface area contributed by atoms with Gasteiger partial charge in [0.05, 0.1) is 11.6 Å². The van der Waals surface area contributed by atoms with Gasteiger partial charge in [0, 0.05) is 17.1 Å². The zero-order valence-electron chi connectivity index (χ0n) is 16.1. The number of ketones is 1. The second-order valence-corrected chi connectivity index (χ2v) is 7.55. The Balaban J connectivity index is 1.84. The number of rotatable bonds is 4. The third-order valence-electron chi connectivity index (χ3n) is 5.11. The summed E-state index contributed by atoms with van der Waals surface area (Å²) in [6.45, 7) is 0.00426. The van der Waals surface area contributed by atoms with Crippen LogP contribution < -0.4 is 0 Å². The largest absolute Gasteiger partial charge is 0.507 e. The normalized spacial score (nSPS) is 17.9. The highest BCUT2D eigenvalue weighted by Crippen LogP contribution is 2.40. The van der Waals surface area contributed by atoms with Crippen LogP contribution in [-0.2, 0) is 16.1 Å². The van der Waals surface area contributed by atoms with Gasteiger partial charge in [-0.25, -0.2) is 8.78 Å². The molecule has 1 aliphatic rings. The Kier molecular flexibility index (Phi) is 5.57. The zero-order valence-corrected chi connectivity index (χ0v) is 16.8. The Hall–Kier alpha value is -3.51. The maximum Gasteiger partial charge on any atom is 0.295 e. The third kappa shape index (κ3) is 4.07. The molecule has 7 heteroatoms. The number of hydrogen-bond donors (Lipinski definition) is 1. The Bertz CT molecular complexity index is 1170. The number of carbonyl (C=O) groups is 2. The molecule has 3 aromatic carbocycles. The summed E-state index contributed by atoms with van der Waals surface area (Å²) in [5, 5.41) is 11.4. The summed E-state index contributed by atoms with van der Waals surface area (Å²) < 4.78 is 26.8. The first kappa shape index (κ1) is 20.8. The highest BCUT2D eigenvalue weighted by Gasteiger charge is 2.46. The molecule has 0 aliphatic carbocycles. The number of carbonyl (C=O) groups excluding carboxylic acids is 2. The predicted molar refractivity (Wildman–Crippen MR) is 112 cm³/mol. The van der Waals surface area contributed by atoms with Crippen molar-refractivity contribution in [3.05, 3.63) is 112 Å². The second-order valence-electron chi connectivity index (χ2n) is 7.11. The molecule has 1 unspecified atom stereocenters. The lowest BCUT2D eigenvalue weighted by Gasteiger charge is -2.25. The lowest BCUT2D eigenvalue weighted by Crippen LogP contribution is -2.29. The molecule has 0 aromatic heterocycles. The van der Waals surface area contributed by atoms with Crippen molar-refractivity contribution in [2.45, 2.75) is 12.6 Å². The summed E-state index contributed by atoms with van der Waals surface area (Å²) in [6, 6.07) is 16.1. The molecule has 3 aromatic rings. The minimum atomic E-state index is -0.943. The van der Waals surface area contributed by atoms with Crippen molar-refractivity contribution in [2.75, 3.05) is 0 Å². The van der Waals surface area contributed by atoms with E-state index in [1.807, 2.05) is 0 Å². The maximum absolute atomic E-state index is 13.5. The monoisotopic (exact) mass is 439 g/mol. The van der Waals surface area contributed by atoms with Crippen molar-refractivity contribution in [3.63, 3.8) is 0 Å². The van der Waals surface area contributed by atoms with E-state index in [-0.39, 0.29) is 17.9 Å². The standard InChI is InChI=1S/C24H16ClF2NO3/c25-17-7-3-16(4-8-17)22(29)20-21(15-5-11-19(27)12-6-15)28(24(31)23(20)30)13-14-1-9-18(26)10-2-14/h1-12,21,29H,13H2/b22-20-. The van der Waals surface area contributed by atoms with Crippen LogP contribution in [0.4, 0.5) is 8.78 Å². The highest BCUT2D eigenvalue weighted by molar-refractivity contribution is 6.46. The van der Waals surface area contributed by atoms with Crippen LogP contribution in [0.2, 0.25) is 5.02 Å². The number of Topliss-reactive ketones (excluding diaryl/α,β-unsaturated/α-hetero) is 1. The van der Waals surface area contributed by atoms with Gasteiger partial charge in [0.1, 0.15) is 17.4 Å². The van der Waals surface area contributed by atoms with E-state index in [0.29, 0.717) is 21.7 Å². The van der Waals surface area contributed by atoms with Crippen LogP contribution in [0.5, 0.6) is 0 Å². The molecule has 1 amide bonds. The summed E-state index contributed by atoms with van der Waals surface area (Å²) in [5.74, 6) is -2.93. The average Bonchev–Trinajstić information content (AvgIpc) is 3.01. The number of halogens is 3. The topological polar surface area (TPSA) is 57.6 Å². The molecule has 4 nitrogen and oxygen atoms in total. The smallest absolute Gasteiger partial charge is 0.295 e. The molecule has 1 aliphatic heterocycles. The van der Waals surface area contributed by atoms with Gasteiger partial charge in [-0.1, -0.05) is 35.9 Å². The second kappa shape index (κ2) is 8.32. The van der Waals surface area contributed by atoms with Gasteiger partial charge in [-0.2, -0.15) is 0 Å². The van der Waals surface area contributed by atoms with Crippen LogP contribution in [-0.4, -0.2) is 21.7 Å². The summed E-state index contributed by atoms with van der Waals surface area (Å²) in [6.07, 6.45) is 0. The lowest BCUT2D eigenvalue weighted by atomic mass is 9.95. The Morgan fingerprint density at radius 3 is 2.00 bits per heavy atom. The fourth-order valence-corrected chi connectivity index (χ4v) is 3.71. The van der Waals surface area contributed by atoms with Crippen molar-refractivity contribution in [3.8, 4) is 0 Å². The molecule has 1 heterocycles. The molecule has 1 N–H and O–H groups in total. The number of aliphatic hydroxyl groups excluding tert-OH is 1. The molecule has 156 valence electrons. The fraction of sp³-hybridized carbons (Fsp3) is 0.0833. The van der Waals surface area contributed by atoms with Gasteiger partial charge in [0.25, 0.3) is 11.7 Å². The van der Waals surface area contributed by atoms with Crippen LogP contribution in [0, 0.1) is 11.6 Å². The average molecular weight is 440 g/mol. The number of nitrogens with zero attached hydrogens (tertiary/aromatic N) is 1. The molecular formula is C24H16ClF2NO3. The van der Waals surface area contributed by atoms with E-state index in [4.69, 9.17) is 11.6 Å². The van der Waals surface area contributed by atoms with Crippen LogP contribution in [0.15, 0.2) is 78.4 Å². The molecule has 1 saturated heterocycles. The zero-order chi connectivity index (χ0) is 22.1. The summed E-state index contributed by atoms with van der Waals surface area (Å²) in [7, 11) is 0. The van der Waals surface area contributed by atoms with Crippen molar-refractivity contribution in [2.24, 2.45) is 0 Å². The lowest BCUT2D eigenvalue weighted by molar-refractivity contribution is -0.140. The molecule has 1 atom stereocenters. The van der Waals surface area contributed by atoms with E-state index in [1.54, 1.807) is 12.1 Å². The van der Waals surface area contributed by atoms with Gasteiger partial charge in [0.2, 0.25) is 0 Å². The number of benzene rings is 3. The van der Waals surface area contributed by atoms with Crippen molar-refractivity contribution >= 4 is 29.1 Å². The fourth-order valence-electron chi connectivity index (χ4n) is 3.58. The molecule has 0 spiro atoms. The van der Waals surface area contributed by atoms with Crippen LogP contribution in [0.1, 0.15) is 22.7 Å². The Morgan fingerprint density at radius 2 is 1.42 bits per heavy atom. The van der Waals surface area contributed by atoms with Gasteiger partial charge in [-0.05, 0) is 59.7 Å². The summed E-state index contributed by atoms with van der Waals surface area (Å²) in [4.78, 5) is 27.1. The van der Waals surface area contributed by atoms with Gasteiger partial charge >= 0.3 is 0 Å². The van der Waals surface area contributed by atoms with E-state index >= 15 is 0 Å². The first-order valence-electron chi connectivity index (χ1n) is 9.39. The number of aliphatic hydroxyl groups is 1. The highest BCUT2D eigenvalue weighted by atomic mass is 35.5. The quantitative estimate of drug-likeness (QED) is 0.343. The Morgan fingerprint density at radius 1 is 0.871 bits per heavy atom. The minimum Gasteiger partial charge on any atom is -0.507 e. The van der Waals surface area contributed by atoms with Crippen LogP contribution in [0.3, 0.4) is 0 Å². The van der Waals surface area contributed by atoms with Gasteiger partial charge in [-0.15, -0.1) is 0 Å². The van der Waals surface area contributed by atoms with Crippen molar-refractivity contribution < 1.29 is 23.5 Å². The van der Waals surface area contributed by atoms with Crippen molar-refractivity contribution in [1.82, 2.24) is 4.90 Å². The molecule has 0 bridgehead atoms. The van der Waals surface area contributed by atoms with Crippen LogP contribution in [0.25, 0.3) is 5.76 Å². The Labute approximate surface area is 182 Å². The molecule has 1 fully saturated rings. The van der Waals surface area contributed by atoms with Gasteiger partial charge in [0.15, 0.2) is 0 Å². The molecule has 31 heavy (non-hydrogen) atoms. The number of amides is 1. The number of hydrogen-bond acceptors (Lipinski definition) is 3. The van der Waals surface area contributed by atoms with E-state index in [1.165, 1.54) is 65.6 Å². The molecule has 0 saturated carbocycles. The minimum absolute atomic E-state index is 0.00426. The van der Waals surface area contributed by atoms with E-state index in [0.717, 1.165) is 0 Å². The first-order chi connectivity index (χ1) is 14.8. The first-order valence-corrected chi connectivity index (χ1v) is 9.77. The summed E-state index contributed by atoms with van der Waals surface area (Å²) in [5.41, 5.74) is 1.26. The molecular weight excluding hydrogens is 424 g/mol.